The van der Waals surface area contributed by atoms with Gasteiger partial charge in [-0.25, -0.2) is 0 Å². The molecule has 0 aromatic heterocycles. The second-order valence-electron chi connectivity index (χ2n) is 5.09. The number of rotatable bonds is 5. The number of aryl methyl sites for hydroxylation is 2. The Morgan fingerprint density at radius 2 is 2.00 bits per heavy atom. The number of nitrogens with one attached hydrogen (secondary N) is 1. The van der Waals surface area contributed by atoms with E-state index in [9.17, 15) is 0 Å². The molecule has 0 radical (unpaired) electrons. The summed E-state index contributed by atoms with van der Waals surface area (Å²) in [5.74, 6) is 0.924. The number of hydrogen-bond donors (Lipinski definition) is 1. The van der Waals surface area contributed by atoms with Crippen LogP contribution in [0.5, 0.6) is 5.75 Å². The molecule has 96 valence electrons. The Hall–Kier alpha value is -1.53. The van der Waals surface area contributed by atoms with E-state index >= 15 is 0 Å². The first-order valence-electron chi connectivity index (χ1n) is 6.47. The number of hydrogen-bond acceptors (Lipinski definition) is 3. The minimum atomic E-state index is -0.211. The van der Waals surface area contributed by atoms with Crippen molar-refractivity contribution >= 4 is 0 Å². The molecule has 1 atom stereocenters. The standard InChI is InChI=1S/C15H20N2O/c1-10-4-5-11(2)15(12(10)3)18-9-14(8-16)17-13-6-7-13/h4-5,13-14,17H,6-7,9H2,1-3H3. The molecule has 1 unspecified atom stereocenters. The van der Waals surface area contributed by atoms with Crippen molar-refractivity contribution in [3.8, 4) is 11.8 Å². The minimum Gasteiger partial charge on any atom is -0.490 e. The maximum atomic E-state index is 9.08. The van der Waals surface area contributed by atoms with Crippen molar-refractivity contribution < 1.29 is 4.74 Å². The molecule has 3 nitrogen and oxygen atoms in total. The Morgan fingerprint density at radius 1 is 1.33 bits per heavy atom. The van der Waals surface area contributed by atoms with Crippen LogP contribution < -0.4 is 10.1 Å². The van der Waals surface area contributed by atoms with Crippen molar-refractivity contribution in [2.24, 2.45) is 0 Å². The highest BCUT2D eigenvalue weighted by Crippen LogP contribution is 2.26. The average molecular weight is 244 g/mol. The molecule has 1 aromatic carbocycles. The molecule has 0 spiro atoms. The van der Waals surface area contributed by atoms with Gasteiger partial charge in [0, 0.05) is 6.04 Å². The van der Waals surface area contributed by atoms with E-state index < -0.39 is 0 Å². The Morgan fingerprint density at radius 3 is 2.61 bits per heavy atom. The van der Waals surface area contributed by atoms with Gasteiger partial charge in [0.15, 0.2) is 0 Å². The first-order valence-corrected chi connectivity index (χ1v) is 6.47. The molecule has 2 rings (SSSR count). The lowest BCUT2D eigenvalue weighted by molar-refractivity contribution is 0.284. The highest BCUT2D eigenvalue weighted by Gasteiger charge is 2.24. The van der Waals surface area contributed by atoms with E-state index in [4.69, 9.17) is 10.00 Å². The lowest BCUT2D eigenvalue weighted by atomic mass is 10.1. The zero-order valence-corrected chi connectivity index (χ0v) is 11.3. The van der Waals surface area contributed by atoms with Crippen molar-refractivity contribution in [3.63, 3.8) is 0 Å². The van der Waals surface area contributed by atoms with Crippen LogP contribution in [0.25, 0.3) is 0 Å². The normalized spacial score (nSPS) is 16.1. The van der Waals surface area contributed by atoms with Gasteiger partial charge in [-0.05, 0) is 50.3 Å². The first kappa shape index (κ1) is 12.9. The summed E-state index contributed by atoms with van der Waals surface area (Å²) in [7, 11) is 0. The zero-order chi connectivity index (χ0) is 13.1. The molecular formula is C15H20N2O. The van der Waals surface area contributed by atoms with Crippen LogP contribution >= 0.6 is 0 Å². The van der Waals surface area contributed by atoms with Gasteiger partial charge in [-0.2, -0.15) is 5.26 Å². The van der Waals surface area contributed by atoms with Gasteiger partial charge in [-0.1, -0.05) is 12.1 Å². The van der Waals surface area contributed by atoms with Crippen LogP contribution in [0, 0.1) is 32.1 Å². The van der Waals surface area contributed by atoms with Crippen molar-refractivity contribution in [2.75, 3.05) is 6.61 Å². The Labute approximate surface area is 109 Å². The summed E-state index contributed by atoms with van der Waals surface area (Å²) in [6.07, 6.45) is 2.36. The molecule has 0 amide bonds. The fourth-order valence-corrected chi connectivity index (χ4v) is 1.97. The third-order valence-electron chi connectivity index (χ3n) is 3.44. The highest BCUT2D eigenvalue weighted by atomic mass is 16.5. The molecule has 1 fully saturated rings. The van der Waals surface area contributed by atoms with Gasteiger partial charge in [0.2, 0.25) is 0 Å². The van der Waals surface area contributed by atoms with Crippen LogP contribution in [-0.4, -0.2) is 18.7 Å². The fourth-order valence-electron chi connectivity index (χ4n) is 1.97. The summed E-state index contributed by atoms with van der Waals surface area (Å²) in [4.78, 5) is 0. The summed E-state index contributed by atoms with van der Waals surface area (Å²) < 4.78 is 5.85. The van der Waals surface area contributed by atoms with Gasteiger partial charge in [0.25, 0.3) is 0 Å². The van der Waals surface area contributed by atoms with Crippen LogP contribution in [0.4, 0.5) is 0 Å². The number of ether oxygens (including phenoxy) is 1. The van der Waals surface area contributed by atoms with E-state index in [0.717, 1.165) is 16.9 Å². The van der Waals surface area contributed by atoms with Crippen LogP contribution in [-0.2, 0) is 0 Å². The SMILES string of the molecule is Cc1ccc(C)c(OCC(C#N)NC2CC2)c1C. The molecule has 1 N–H and O–H groups in total. The second kappa shape index (κ2) is 5.41. The van der Waals surface area contributed by atoms with Gasteiger partial charge in [-0.15, -0.1) is 0 Å². The maximum Gasteiger partial charge on any atom is 0.130 e. The predicted octanol–water partition coefficient (Wildman–Crippen LogP) is 2.63. The van der Waals surface area contributed by atoms with E-state index in [1.165, 1.54) is 18.4 Å². The molecule has 0 aliphatic heterocycles. The predicted molar refractivity (Wildman–Crippen MR) is 71.7 cm³/mol. The van der Waals surface area contributed by atoms with Crippen LogP contribution in [0.2, 0.25) is 0 Å². The molecule has 18 heavy (non-hydrogen) atoms. The third-order valence-corrected chi connectivity index (χ3v) is 3.44. The summed E-state index contributed by atoms with van der Waals surface area (Å²) in [5, 5.41) is 12.4. The fraction of sp³-hybridized carbons (Fsp3) is 0.533. The van der Waals surface area contributed by atoms with Gasteiger partial charge >= 0.3 is 0 Å². The van der Waals surface area contributed by atoms with Crippen LogP contribution in [0.3, 0.4) is 0 Å². The van der Waals surface area contributed by atoms with Crippen LogP contribution in [0.1, 0.15) is 29.5 Å². The first-order chi connectivity index (χ1) is 8.61. The molecule has 1 aromatic rings. The Balaban J connectivity index is 2.00. The quantitative estimate of drug-likeness (QED) is 0.866. The largest absolute Gasteiger partial charge is 0.490 e. The molecule has 1 aliphatic rings. The van der Waals surface area contributed by atoms with Crippen molar-refractivity contribution in [2.45, 2.75) is 45.7 Å². The van der Waals surface area contributed by atoms with Gasteiger partial charge in [0.05, 0.1) is 6.07 Å². The maximum absolute atomic E-state index is 9.08. The van der Waals surface area contributed by atoms with E-state index in [2.05, 4.69) is 37.4 Å². The summed E-state index contributed by atoms with van der Waals surface area (Å²) >= 11 is 0. The van der Waals surface area contributed by atoms with Gasteiger partial charge < -0.3 is 4.74 Å². The van der Waals surface area contributed by atoms with E-state index in [-0.39, 0.29) is 6.04 Å². The number of nitrogens with zero attached hydrogens (tertiary/aromatic N) is 1. The summed E-state index contributed by atoms with van der Waals surface area (Å²) in [5.41, 5.74) is 3.51. The van der Waals surface area contributed by atoms with Crippen molar-refractivity contribution in [1.29, 1.82) is 5.26 Å². The topological polar surface area (TPSA) is 45.0 Å². The molecule has 1 saturated carbocycles. The number of nitriles is 1. The molecule has 0 saturated heterocycles. The Kier molecular flexibility index (Phi) is 3.88. The monoisotopic (exact) mass is 244 g/mol. The van der Waals surface area contributed by atoms with Crippen molar-refractivity contribution in [1.82, 2.24) is 5.32 Å². The van der Waals surface area contributed by atoms with Crippen LogP contribution in [0.15, 0.2) is 12.1 Å². The molecule has 1 aliphatic carbocycles. The highest BCUT2D eigenvalue weighted by molar-refractivity contribution is 5.44. The zero-order valence-electron chi connectivity index (χ0n) is 11.3. The van der Waals surface area contributed by atoms with E-state index in [0.29, 0.717) is 12.6 Å². The molecule has 0 heterocycles. The second-order valence-corrected chi connectivity index (χ2v) is 5.09. The third kappa shape index (κ3) is 3.02. The van der Waals surface area contributed by atoms with E-state index in [1.54, 1.807) is 0 Å². The van der Waals surface area contributed by atoms with Crippen molar-refractivity contribution in [3.05, 3.63) is 28.8 Å². The minimum absolute atomic E-state index is 0.211. The lowest BCUT2D eigenvalue weighted by Crippen LogP contribution is -2.35. The van der Waals surface area contributed by atoms with E-state index in [1.807, 2.05) is 6.92 Å². The average Bonchev–Trinajstić information content (AvgIpc) is 3.16. The van der Waals surface area contributed by atoms with Gasteiger partial charge in [-0.3, -0.25) is 5.32 Å². The smallest absolute Gasteiger partial charge is 0.130 e. The molecule has 3 heteroatoms. The van der Waals surface area contributed by atoms with Gasteiger partial charge in [0.1, 0.15) is 18.4 Å². The summed E-state index contributed by atoms with van der Waals surface area (Å²) in [6.45, 7) is 6.59. The molecular weight excluding hydrogens is 224 g/mol. The summed E-state index contributed by atoms with van der Waals surface area (Å²) in [6, 6.07) is 6.74. The molecule has 0 bridgehead atoms. The number of benzene rings is 1. The Bertz CT molecular complexity index is 472. The lowest BCUT2D eigenvalue weighted by Gasteiger charge is -2.16.